The number of non-ortho nitro benzene ring substituents is 2. The molecular weight excluding hydrogens is 364 g/mol. The predicted molar refractivity (Wildman–Crippen MR) is 103 cm³/mol. The molecule has 1 amide bonds. The number of hydrogen-bond acceptors (Lipinski definition) is 6. The number of benzene rings is 3. The van der Waals surface area contributed by atoms with Crippen molar-refractivity contribution >= 4 is 33.8 Å². The van der Waals surface area contributed by atoms with Crippen LogP contribution in [0.15, 0.2) is 65.8 Å². The molecule has 0 aliphatic rings. The molecule has 0 aliphatic heterocycles. The SMILES string of the molecule is C/C(=N\NC(=O)c1cc([N+](=O)[O-])cc([N+](=O)[O-])c1)c1cccc2ccccc12. The highest BCUT2D eigenvalue weighted by atomic mass is 16.6. The Morgan fingerprint density at radius 3 is 2.18 bits per heavy atom. The first kappa shape index (κ1) is 18.6. The highest BCUT2D eigenvalue weighted by Crippen LogP contribution is 2.23. The van der Waals surface area contributed by atoms with Crippen LogP contribution in [0.2, 0.25) is 0 Å². The number of nitro benzene ring substituents is 2. The van der Waals surface area contributed by atoms with Gasteiger partial charge in [-0.2, -0.15) is 5.10 Å². The van der Waals surface area contributed by atoms with Gasteiger partial charge in [0, 0.05) is 17.7 Å². The summed E-state index contributed by atoms with van der Waals surface area (Å²) in [5.74, 6) is -0.786. The number of carbonyl (C=O) groups excluding carboxylic acids is 1. The summed E-state index contributed by atoms with van der Waals surface area (Å²) < 4.78 is 0. The maximum atomic E-state index is 12.3. The number of rotatable bonds is 5. The van der Waals surface area contributed by atoms with E-state index in [4.69, 9.17) is 0 Å². The molecule has 140 valence electrons. The summed E-state index contributed by atoms with van der Waals surface area (Å²) in [6.07, 6.45) is 0. The first-order valence-corrected chi connectivity index (χ1v) is 8.13. The smallest absolute Gasteiger partial charge is 0.267 e. The maximum absolute atomic E-state index is 12.3. The molecule has 1 N–H and O–H groups in total. The van der Waals surface area contributed by atoms with Gasteiger partial charge in [-0.25, -0.2) is 5.43 Å². The van der Waals surface area contributed by atoms with Crippen molar-refractivity contribution in [1.82, 2.24) is 5.43 Å². The summed E-state index contributed by atoms with van der Waals surface area (Å²) in [5.41, 5.74) is 2.30. The van der Waals surface area contributed by atoms with E-state index in [2.05, 4.69) is 10.5 Å². The molecule has 3 aromatic carbocycles. The van der Waals surface area contributed by atoms with Crippen LogP contribution >= 0.6 is 0 Å². The molecule has 0 heterocycles. The summed E-state index contributed by atoms with van der Waals surface area (Å²) in [5, 5.41) is 27.9. The van der Waals surface area contributed by atoms with Crippen molar-refractivity contribution in [2.24, 2.45) is 5.10 Å². The van der Waals surface area contributed by atoms with Crippen LogP contribution in [-0.2, 0) is 0 Å². The van der Waals surface area contributed by atoms with Gasteiger partial charge in [-0.15, -0.1) is 0 Å². The van der Waals surface area contributed by atoms with Crippen molar-refractivity contribution in [1.29, 1.82) is 0 Å². The molecule has 0 aliphatic carbocycles. The number of nitrogens with zero attached hydrogens (tertiary/aromatic N) is 3. The molecule has 0 spiro atoms. The Morgan fingerprint density at radius 2 is 1.54 bits per heavy atom. The molecule has 9 heteroatoms. The predicted octanol–water partition coefficient (Wildman–Crippen LogP) is 3.81. The lowest BCUT2D eigenvalue weighted by atomic mass is 10.0. The second-order valence-electron chi connectivity index (χ2n) is 5.92. The number of nitrogens with one attached hydrogen (secondary N) is 1. The Kier molecular flexibility index (Phi) is 5.07. The average Bonchev–Trinajstić information content (AvgIpc) is 2.70. The van der Waals surface area contributed by atoms with Gasteiger partial charge in [-0.05, 0) is 17.7 Å². The maximum Gasteiger partial charge on any atom is 0.277 e. The van der Waals surface area contributed by atoms with E-state index in [-0.39, 0.29) is 5.56 Å². The number of fused-ring (bicyclic) bond motifs is 1. The van der Waals surface area contributed by atoms with Gasteiger partial charge in [0.1, 0.15) is 0 Å². The molecule has 0 saturated heterocycles. The Hall–Kier alpha value is -4.14. The van der Waals surface area contributed by atoms with Crippen LogP contribution < -0.4 is 5.43 Å². The van der Waals surface area contributed by atoms with Crippen LogP contribution in [0.1, 0.15) is 22.8 Å². The minimum Gasteiger partial charge on any atom is -0.267 e. The monoisotopic (exact) mass is 378 g/mol. The van der Waals surface area contributed by atoms with E-state index in [1.165, 1.54) is 0 Å². The minimum atomic E-state index is -0.797. The first-order chi connectivity index (χ1) is 13.4. The van der Waals surface area contributed by atoms with Crippen LogP contribution in [0, 0.1) is 20.2 Å². The van der Waals surface area contributed by atoms with Crippen molar-refractivity contribution in [2.45, 2.75) is 6.92 Å². The van der Waals surface area contributed by atoms with Gasteiger partial charge in [0.15, 0.2) is 0 Å². The average molecular weight is 378 g/mol. The second-order valence-corrected chi connectivity index (χ2v) is 5.92. The van der Waals surface area contributed by atoms with E-state index in [1.807, 2.05) is 42.5 Å². The quantitative estimate of drug-likeness (QED) is 0.410. The van der Waals surface area contributed by atoms with Crippen molar-refractivity contribution in [2.75, 3.05) is 0 Å². The fourth-order valence-electron chi connectivity index (χ4n) is 2.74. The lowest BCUT2D eigenvalue weighted by molar-refractivity contribution is -0.394. The Bertz CT molecular complexity index is 1100. The van der Waals surface area contributed by atoms with Gasteiger partial charge in [0.2, 0.25) is 0 Å². The van der Waals surface area contributed by atoms with Crippen LogP contribution in [0.5, 0.6) is 0 Å². The molecule has 0 aromatic heterocycles. The van der Waals surface area contributed by atoms with E-state index < -0.39 is 27.1 Å². The number of carbonyl (C=O) groups is 1. The lowest BCUT2D eigenvalue weighted by Crippen LogP contribution is -2.19. The number of nitro groups is 2. The van der Waals surface area contributed by atoms with Crippen LogP contribution in [0.25, 0.3) is 10.8 Å². The molecule has 0 unspecified atom stereocenters. The molecular formula is C19H14N4O5. The third-order valence-corrected chi connectivity index (χ3v) is 4.09. The van der Waals surface area contributed by atoms with Crippen LogP contribution in [0.4, 0.5) is 11.4 Å². The highest BCUT2D eigenvalue weighted by molar-refractivity contribution is 6.10. The van der Waals surface area contributed by atoms with Gasteiger partial charge < -0.3 is 0 Å². The highest BCUT2D eigenvalue weighted by Gasteiger charge is 2.19. The van der Waals surface area contributed by atoms with E-state index in [0.29, 0.717) is 5.71 Å². The third kappa shape index (κ3) is 3.83. The number of amides is 1. The van der Waals surface area contributed by atoms with Gasteiger partial charge >= 0.3 is 0 Å². The third-order valence-electron chi connectivity index (χ3n) is 4.09. The van der Waals surface area contributed by atoms with E-state index in [1.54, 1.807) is 6.92 Å². The molecule has 0 saturated carbocycles. The summed E-state index contributed by atoms with van der Waals surface area (Å²) >= 11 is 0. The molecule has 28 heavy (non-hydrogen) atoms. The van der Waals surface area contributed by atoms with Crippen molar-refractivity contribution in [3.8, 4) is 0 Å². The Morgan fingerprint density at radius 1 is 0.929 bits per heavy atom. The normalized spacial score (nSPS) is 11.2. The molecule has 9 nitrogen and oxygen atoms in total. The zero-order valence-corrected chi connectivity index (χ0v) is 14.7. The van der Waals surface area contributed by atoms with Crippen LogP contribution in [-0.4, -0.2) is 21.5 Å². The zero-order chi connectivity index (χ0) is 20.3. The van der Waals surface area contributed by atoms with Crippen molar-refractivity contribution < 1.29 is 14.6 Å². The standard InChI is InChI=1S/C19H14N4O5/c1-12(17-8-4-6-13-5-2-3-7-18(13)17)20-21-19(24)14-9-15(22(25)26)11-16(10-14)23(27)28/h2-11H,1H3,(H,21,24)/b20-12+. The van der Waals surface area contributed by atoms with Gasteiger partial charge in [-0.1, -0.05) is 42.5 Å². The lowest BCUT2D eigenvalue weighted by Gasteiger charge is -2.07. The Labute approximate surface area is 158 Å². The Balaban J connectivity index is 1.90. The van der Waals surface area contributed by atoms with Gasteiger partial charge in [0.25, 0.3) is 17.3 Å². The molecule has 0 fully saturated rings. The van der Waals surface area contributed by atoms with Gasteiger partial charge in [0.05, 0.1) is 27.2 Å². The minimum absolute atomic E-state index is 0.227. The number of hydrogen-bond donors (Lipinski definition) is 1. The van der Waals surface area contributed by atoms with E-state index in [0.717, 1.165) is 34.5 Å². The van der Waals surface area contributed by atoms with E-state index in [9.17, 15) is 25.0 Å². The van der Waals surface area contributed by atoms with Crippen molar-refractivity contribution in [3.63, 3.8) is 0 Å². The first-order valence-electron chi connectivity index (χ1n) is 8.13. The van der Waals surface area contributed by atoms with Crippen molar-refractivity contribution in [3.05, 3.63) is 92.0 Å². The molecule has 3 aromatic rings. The molecule has 0 atom stereocenters. The second kappa shape index (κ2) is 7.62. The summed E-state index contributed by atoms with van der Waals surface area (Å²) in [6, 6.07) is 16.1. The topological polar surface area (TPSA) is 128 Å². The van der Waals surface area contributed by atoms with Crippen LogP contribution in [0.3, 0.4) is 0 Å². The van der Waals surface area contributed by atoms with Gasteiger partial charge in [-0.3, -0.25) is 25.0 Å². The molecule has 0 radical (unpaired) electrons. The van der Waals surface area contributed by atoms with E-state index >= 15 is 0 Å². The summed E-state index contributed by atoms with van der Waals surface area (Å²) in [4.78, 5) is 32.6. The fraction of sp³-hybridized carbons (Fsp3) is 0.0526. The largest absolute Gasteiger partial charge is 0.277 e. The fourth-order valence-corrected chi connectivity index (χ4v) is 2.74. The summed E-state index contributed by atoms with van der Waals surface area (Å²) in [7, 11) is 0. The zero-order valence-electron chi connectivity index (χ0n) is 14.7. The summed E-state index contributed by atoms with van der Waals surface area (Å²) in [6.45, 7) is 1.71. The molecule has 0 bridgehead atoms. The number of hydrazone groups is 1. The molecule has 3 rings (SSSR count).